The number of rotatable bonds is 4. The molecule has 0 aliphatic carbocycles. The van der Waals surface area contributed by atoms with Gasteiger partial charge in [-0.2, -0.15) is 10.1 Å². The van der Waals surface area contributed by atoms with Crippen molar-refractivity contribution < 1.29 is 9.18 Å². The van der Waals surface area contributed by atoms with Gasteiger partial charge in [-0.05, 0) is 68.0 Å². The number of hydrogen-bond acceptors (Lipinski definition) is 6. The third kappa shape index (κ3) is 3.83. The second kappa shape index (κ2) is 8.05. The van der Waals surface area contributed by atoms with Crippen LogP contribution in [0.2, 0.25) is 0 Å². The van der Waals surface area contributed by atoms with E-state index < -0.39 is 0 Å². The van der Waals surface area contributed by atoms with E-state index in [0.29, 0.717) is 0 Å². The van der Waals surface area contributed by atoms with Crippen molar-refractivity contribution >= 4 is 44.1 Å². The van der Waals surface area contributed by atoms with Crippen LogP contribution in [0.1, 0.15) is 33.8 Å². The van der Waals surface area contributed by atoms with Crippen molar-refractivity contribution in [3.8, 4) is 5.69 Å². The summed E-state index contributed by atoms with van der Waals surface area (Å²) < 4.78 is 16.1. The van der Waals surface area contributed by atoms with Crippen molar-refractivity contribution in [3.63, 3.8) is 0 Å². The van der Waals surface area contributed by atoms with Gasteiger partial charge in [0.1, 0.15) is 5.82 Å². The minimum Gasteiger partial charge on any atom is -0.348 e. The number of nitrogens with one attached hydrogen (secondary N) is 1. The zero-order chi connectivity index (χ0) is 21.5. The second-order valence-corrected chi connectivity index (χ2v) is 9.68. The van der Waals surface area contributed by atoms with Gasteiger partial charge in [0.05, 0.1) is 21.0 Å². The number of carbonyl (C=O) groups excluding carboxylic acids is 1. The van der Waals surface area contributed by atoms with Gasteiger partial charge in [-0.1, -0.05) is 11.3 Å². The van der Waals surface area contributed by atoms with E-state index in [9.17, 15) is 9.18 Å². The van der Waals surface area contributed by atoms with Gasteiger partial charge in [0.25, 0.3) is 5.91 Å². The average molecular weight is 456 g/mol. The van der Waals surface area contributed by atoms with Gasteiger partial charge < -0.3 is 10.2 Å². The number of fused-ring (bicyclic) bond motifs is 1. The molecule has 4 heterocycles. The zero-order valence-electron chi connectivity index (χ0n) is 17.3. The van der Waals surface area contributed by atoms with Crippen LogP contribution in [0.15, 0.2) is 35.7 Å². The number of halogens is 1. The lowest BCUT2D eigenvalue weighted by Gasteiger charge is -2.32. The first-order valence-corrected chi connectivity index (χ1v) is 11.9. The van der Waals surface area contributed by atoms with Gasteiger partial charge in [0.2, 0.25) is 0 Å². The fraction of sp³-hybridized carbons (Fsp3) is 0.318. The van der Waals surface area contributed by atoms with Crippen LogP contribution in [0.3, 0.4) is 0 Å². The Bertz CT molecular complexity index is 1230. The van der Waals surface area contributed by atoms with Crippen molar-refractivity contribution in [2.24, 2.45) is 0 Å². The van der Waals surface area contributed by atoms with E-state index in [4.69, 9.17) is 4.98 Å². The number of benzene rings is 1. The molecule has 0 unspecified atom stereocenters. The van der Waals surface area contributed by atoms with E-state index in [0.717, 1.165) is 63.2 Å². The summed E-state index contributed by atoms with van der Waals surface area (Å²) in [4.78, 5) is 20.4. The highest BCUT2D eigenvalue weighted by Gasteiger charge is 2.25. The number of thiazole rings is 1. The molecule has 1 fully saturated rings. The number of nitrogens with zero attached hydrogens (tertiary/aromatic N) is 4. The molecule has 0 saturated carbocycles. The van der Waals surface area contributed by atoms with Crippen molar-refractivity contribution in [2.75, 3.05) is 18.0 Å². The van der Waals surface area contributed by atoms with E-state index in [1.165, 1.54) is 23.5 Å². The summed E-state index contributed by atoms with van der Waals surface area (Å²) >= 11 is 3.12. The Labute approximate surface area is 187 Å². The Morgan fingerprint density at radius 2 is 1.90 bits per heavy atom. The number of hydrogen-bond donors (Lipinski definition) is 1. The maximum absolute atomic E-state index is 13.3. The van der Waals surface area contributed by atoms with E-state index >= 15 is 0 Å². The number of thiophene rings is 1. The van der Waals surface area contributed by atoms with Crippen molar-refractivity contribution in [2.45, 2.75) is 32.7 Å². The van der Waals surface area contributed by atoms with E-state index in [1.54, 1.807) is 28.2 Å². The monoisotopic (exact) mass is 455 g/mol. The zero-order valence-corrected chi connectivity index (χ0v) is 18.9. The topological polar surface area (TPSA) is 63.1 Å². The molecule has 0 bridgehead atoms. The Morgan fingerprint density at radius 1 is 1.16 bits per heavy atom. The molecule has 160 valence electrons. The van der Waals surface area contributed by atoms with Gasteiger partial charge in [-0.25, -0.2) is 9.07 Å². The fourth-order valence-corrected chi connectivity index (χ4v) is 5.76. The first-order valence-electron chi connectivity index (χ1n) is 10.2. The lowest BCUT2D eigenvalue weighted by atomic mass is 10.1. The molecule has 4 aromatic rings. The molecular weight excluding hydrogens is 433 g/mol. The number of amides is 1. The predicted molar refractivity (Wildman–Crippen MR) is 123 cm³/mol. The van der Waals surface area contributed by atoms with E-state index in [-0.39, 0.29) is 17.8 Å². The predicted octanol–water partition coefficient (Wildman–Crippen LogP) is 4.70. The average Bonchev–Trinajstić information content (AvgIpc) is 3.46. The molecule has 1 amide bonds. The molecule has 31 heavy (non-hydrogen) atoms. The molecule has 3 aromatic heterocycles. The Balaban J connectivity index is 1.30. The van der Waals surface area contributed by atoms with Crippen molar-refractivity contribution in [1.82, 2.24) is 20.1 Å². The molecule has 6 nitrogen and oxygen atoms in total. The number of aromatic nitrogens is 3. The van der Waals surface area contributed by atoms with Crippen LogP contribution < -0.4 is 10.2 Å². The summed E-state index contributed by atoms with van der Waals surface area (Å²) in [7, 11) is 0. The van der Waals surface area contributed by atoms with Crippen LogP contribution in [0.25, 0.3) is 16.0 Å². The maximum atomic E-state index is 13.3. The van der Waals surface area contributed by atoms with Crippen LogP contribution in [-0.2, 0) is 0 Å². The standard InChI is InChI=1S/C22H22FN5OS2/c1-13-9-12-30-18(13)21(29)24-16-7-10-27(11-8-16)22-25-20-19(31-22)14(2)26-28(20)17-5-3-15(23)4-6-17/h3-6,9,12,16H,7-8,10-11H2,1-2H3,(H,24,29). The largest absolute Gasteiger partial charge is 0.348 e. The van der Waals surface area contributed by atoms with Gasteiger partial charge in [-0.15, -0.1) is 11.3 Å². The summed E-state index contributed by atoms with van der Waals surface area (Å²) in [6, 6.07) is 8.44. The Kier molecular flexibility index (Phi) is 5.23. The molecule has 0 radical (unpaired) electrons. The molecule has 0 atom stereocenters. The summed E-state index contributed by atoms with van der Waals surface area (Å²) in [5.74, 6) is -0.243. The minimum atomic E-state index is -0.271. The summed E-state index contributed by atoms with van der Waals surface area (Å²) in [6.07, 6.45) is 1.77. The highest BCUT2D eigenvalue weighted by molar-refractivity contribution is 7.22. The van der Waals surface area contributed by atoms with Crippen molar-refractivity contribution in [3.05, 3.63) is 57.7 Å². The quantitative estimate of drug-likeness (QED) is 0.485. The summed E-state index contributed by atoms with van der Waals surface area (Å²) in [6.45, 7) is 5.62. The number of carbonyl (C=O) groups is 1. The van der Waals surface area contributed by atoms with E-state index in [1.807, 2.05) is 25.3 Å². The lowest BCUT2D eigenvalue weighted by molar-refractivity contribution is 0.0934. The van der Waals surface area contributed by atoms with Crippen LogP contribution in [0.4, 0.5) is 9.52 Å². The van der Waals surface area contributed by atoms with Crippen LogP contribution in [0, 0.1) is 19.7 Å². The van der Waals surface area contributed by atoms with Crippen LogP contribution in [-0.4, -0.2) is 39.8 Å². The Hall–Kier alpha value is -2.78. The normalized spacial score (nSPS) is 15.0. The molecule has 1 aliphatic heterocycles. The molecular formula is C22H22FN5OS2. The molecule has 9 heteroatoms. The second-order valence-electron chi connectivity index (χ2n) is 7.79. The molecule has 1 N–H and O–H groups in total. The maximum Gasteiger partial charge on any atom is 0.261 e. The first-order chi connectivity index (χ1) is 15.0. The molecule has 1 saturated heterocycles. The highest BCUT2D eigenvalue weighted by atomic mass is 32.1. The first kappa shape index (κ1) is 20.1. The fourth-order valence-electron chi connectivity index (χ4n) is 3.89. The van der Waals surface area contributed by atoms with E-state index in [2.05, 4.69) is 15.3 Å². The molecule has 0 spiro atoms. The SMILES string of the molecule is Cc1ccsc1C(=O)NC1CCN(c2nc3c(s2)c(C)nn3-c2ccc(F)cc2)CC1. The highest BCUT2D eigenvalue weighted by Crippen LogP contribution is 2.33. The minimum absolute atomic E-state index is 0.0287. The van der Waals surface area contributed by atoms with Gasteiger partial charge in [0.15, 0.2) is 10.8 Å². The summed E-state index contributed by atoms with van der Waals surface area (Å²) in [5.41, 5.74) is 3.53. The van der Waals surface area contributed by atoms with Gasteiger partial charge in [0, 0.05) is 19.1 Å². The third-order valence-corrected chi connectivity index (χ3v) is 7.85. The molecule has 1 aromatic carbocycles. The number of piperidine rings is 1. The number of aryl methyl sites for hydroxylation is 2. The third-order valence-electron chi connectivity index (χ3n) is 5.62. The Morgan fingerprint density at radius 3 is 2.58 bits per heavy atom. The summed E-state index contributed by atoms with van der Waals surface area (Å²) in [5, 5.41) is 10.7. The van der Waals surface area contributed by atoms with Crippen molar-refractivity contribution in [1.29, 1.82) is 0 Å². The molecule has 5 rings (SSSR count). The van der Waals surface area contributed by atoms with Gasteiger partial charge in [-0.3, -0.25) is 4.79 Å². The smallest absolute Gasteiger partial charge is 0.261 e. The lowest BCUT2D eigenvalue weighted by Crippen LogP contribution is -2.44. The van der Waals surface area contributed by atoms with Crippen LogP contribution >= 0.6 is 22.7 Å². The number of anilines is 1. The van der Waals surface area contributed by atoms with Crippen LogP contribution in [0.5, 0.6) is 0 Å². The van der Waals surface area contributed by atoms with Gasteiger partial charge >= 0.3 is 0 Å². The molecule has 1 aliphatic rings.